The lowest BCUT2D eigenvalue weighted by molar-refractivity contribution is -0.136. The number of esters is 1. The van der Waals surface area contributed by atoms with Gasteiger partial charge in [-0.1, -0.05) is 42.5 Å². The Kier molecular flexibility index (Phi) is 5.83. The highest BCUT2D eigenvalue weighted by Gasteiger charge is 2.10. The van der Waals surface area contributed by atoms with Crippen LogP contribution in [-0.4, -0.2) is 22.6 Å². The van der Waals surface area contributed by atoms with Crippen molar-refractivity contribution < 1.29 is 14.3 Å². The van der Waals surface area contributed by atoms with E-state index in [9.17, 15) is 4.79 Å². The van der Waals surface area contributed by atoms with Gasteiger partial charge in [0.25, 0.3) is 0 Å². The van der Waals surface area contributed by atoms with E-state index in [1.54, 1.807) is 18.7 Å². The molecule has 0 N–H and O–H groups in total. The largest absolute Gasteiger partial charge is 0.489 e. The Balaban J connectivity index is 1.69. The van der Waals surface area contributed by atoms with Gasteiger partial charge in [-0.25, -0.2) is 9.78 Å². The van der Waals surface area contributed by atoms with E-state index < -0.39 is 0 Å². The average molecular weight is 348 g/mol. The van der Waals surface area contributed by atoms with Crippen molar-refractivity contribution in [1.82, 2.24) is 9.55 Å². The second-order valence-electron chi connectivity index (χ2n) is 5.74. The summed E-state index contributed by atoms with van der Waals surface area (Å²) in [6.45, 7) is 0.920. The number of methoxy groups -OCH3 is 1. The molecule has 132 valence electrons. The average Bonchev–Trinajstić information content (AvgIpc) is 3.20. The van der Waals surface area contributed by atoms with Gasteiger partial charge in [0.2, 0.25) is 0 Å². The third-order valence-electron chi connectivity index (χ3n) is 3.83. The number of aromatic nitrogens is 2. The maximum Gasteiger partial charge on any atom is 0.335 e. The molecule has 0 atom stereocenters. The molecule has 0 saturated carbocycles. The van der Waals surface area contributed by atoms with Crippen molar-refractivity contribution in [2.75, 3.05) is 7.11 Å². The number of ether oxygens (including phenoxy) is 2. The minimum Gasteiger partial charge on any atom is -0.489 e. The first-order valence-electron chi connectivity index (χ1n) is 8.26. The fourth-order valence-electron chi connectivity index (χ4n) is 2.48. The van der Waals surface area contributed by atoms with Crippen LogP contribution in [0.5, 0.6) is 5.75 Å². The van der Waals surface area contributed by atoms with Crippen LogP contribution in [-0.2, 0) is 22.7 Å². The van der Waals surface area contributed by atoms with Crippen LogP contribution in [0.3, 0.4) is 0 Å². The second-order valence-corrected chi connectivity index (χ2v) is 5.74. The molecule has 0 amide bonds. The first-order chi connectivity index (χ1) is 12.7. The lowest BCUT2D eigenvalue weighted by atomic mass is 10.1. The summed E-state index contributed by atoms with van der Waals surface area (Å²) in [6, 6.07) is 17.6. The molecular formula is C21H20N2O3. The molecule has 0 spiro atoms. The van der Waals surface area contributed by atoms with Gasteiger partial charge in [-0.3, -0.25) is 0 Å². The summed E-state index contributed by atoms with van der Waals surface area (Å²) in [5.41, 5.74) is 2.56. The second kappa shape index (κ2) is 8.67. The minimum absolute atomic E-state index is 0.358. The zero-order valence-corrected chi connectivity index (χ0v) is 14.5. The Bertz CT molecular complexity index is 854. The molecule has 3 rings (SSSR count). The van der Waals surface area contributed by atoms with Crippen molar-refractivity contribution in [2.24, 2.45) is 0 Å². The molecule has 3 aromatic rings. The Labute approximate surface area is 152 Å². The Morgan fingerprint density at radius 1 is 1.12 bits per heavy atom. The topological polar surface area (TPSA) is 53.4 Å². The number of hydrogen-bond donors (Lipinski definition) is 0. The van der Waals surface area contributed by atoms with E-state index in [0.29, 0.717) is 18.7 Å². The molecule has 2 aromatic carbocycles. The number of carbonyl (C=O) groups excluding carboxylic acids is 1. The van der Waals surface area contributed by atoms with Gasteiger partial charge in [-0.2, -0.15) is 0 Å². The summed E-state index contributed by atoms with van der Waals surface area (Å²) < 4.78 is 12.5. The lowest BCUT2D eigenvalue weighted by Gasteiger charge is -2.08. The SMILES string of the molecule is COC(=O)/C(=C/c1ccc(OCc2ccccc2)cc1)Cn1ccnc1. The molecule has 0 aliphatic carbocycles. The van der Waals surface area contributed by atoms with Crippen molar-refractivity contribution in [3.8, 4) is 5.75 Å². The summed E-state index contributed by atoms with van der Waals surface area (Å²) in [7, 11) is 1.38. The van der Waals surface area contributed by atoms with E-state index in [2.05, 4.69) is 4.98 Å². The Morgan fingerprint density at radius 2 is 1.88 bits per heavy atom. The van der Waals surface area contributed by atoms with Crippen molar-refractivity contribution in [2.45, 2.75) is 13.2 Å². The molecule has 5 heteroatoms. The van der Waals surface area contributed by atoms with Gasteiger partial charge in [0.15, 0.2) is 0 Å². The van der Waals surface area contributed by atoms with Crippen LogP contribution in [0.2, 0.25) is 0 Å². The van der Waals surface area contributed by atoms with Crippen LogP contribution >= 0.6 is 0 Å². The van der Waals surface area contributed by atoms with Gasteiger partial charge in [0.05, 0.1) is 25.6 Å². The quantitative estimate of drug-likeness (QED) is 0.482. The van der Waals surface area contributed by atoms with Crippen LogP contribution in [0.15, 0.2) is 78.9 Å². The predicted octanol–water partition coefficient (Wildman–Crippen LogP) is 3.72. The van der Waals surface area contributed by atoms with E-state index in [-0.39, 0.29) is 5.97 Å². The van der Waals surface area contributed by atoms with Crippen LogP contribution in [0.1, 0.15) is 11.1 Å². The number of benzene rings is 2. The molecule has 26 heavy (non-hydrogen) atoms. The van der Waals surface area contributed by atoms with Gasteiger partial charge in [-0.15, -0.1) is 0 Å². The number of rotatable bonds is 7. The van der Waals surface area contributed by atoms with Crippen LogP contribution < -0.4 is 4.74 Å². The fraction of sp³-hybridized carbons (Fsp3) is 0.143. The molecule has 0 fully saturated rings. The zero-order chi connectivity index (χ0) is 18.2. The Hall–Kier alpha value is -3.34. The van der Waals surface area contributed by atoms with Crippen molar-refractivity contribution >= 4 is 12.0 Å². The van der Waals surface area contributed by atoms with Crippen LogP contribution in [0.25, 0.3) is 6.08 Å². The highest BCUT2D eigenvalue weighted by Crippen LogP contribution is 2.17. The molecule has 0 aliphatic heterocycles. The molecule has 0 radical (unpaired) electrons. The zero-order valence-electron chi connectivity index (χ0n) is 14.5. The number of imidazole rings is 1. The van der Waals surface area contributed by atoms with E-state index in [1.807, 2.05) is 65.2 Å². The number of hydrogen-bond acceptors (Lipinski definition) is 4. The Morgan fingerprint density at radius 3 is 2.54 bits per heavy atom. The molecule has 0 bridgehead atoms. The first-order valence-corrected chi connectivity index (χ1v) is 8.26. The number of nitrogens with zero attached hydrogens (tertiary/aromatic N) is 2. The smallest absolute Gasteiger partial charge is 0.335 e. The maximum absolute atomic E-state index is 12.0. The van der Waals surface area contributed by atoms with E-state index >= 15 is 0 Å². The van der Waals surface area contributed by atoms with Gasteiger partial charge in [0, 0.05) is 12.4 Å². The molecule has 1 aromatic heterocycles. The predicted molar refractivity (Wildman–Crippen MR) is 99.4 cm³/mol. The van der Waals surface area contributed by atoms with Crippen molar-refractivity contribution in [3.05, 3.63) is 90.0 Å². The standard InChI is InChI=1S/C21H20N2O3/c1-25-21(24)19(14-23-12-11-22-16-23)13-17-7-9-20(10-8-17)26-15-18-5-3-2-4-6-18/h2-13,16H,14-15H2,1H3/b19-13+. The van der Waals surface area contributed by atoms with Gasteiger partial charge < -0.3 is 14.0 Å². The number of carbonyl (C=O) groups is 1. The molecule has 0 aliphatic rings. The summed E-state index contributed by atoms with van der Waals surface area (Å²) in [5, 5.41) is 0. The summed E-state index contributed by atoms with van der Waals surface area (Å²) in [6.07, 6.45) is 6.95. The molecule has 1 heterocycles. The lowest BCUT2D eigenvalue weighted by Crippen LogP contribution is -2.10. The van der Waals surface area contributed by atoms with Crippen LogP contribution in [0.4, 0.5) is 0 Å². The minimum atomic E-state index is -0.358. The highest BCUT2D eigenvalue weighted by atomic mass is 16.5. The van der Waals surface area contributed by atoms with Crippen molar-refractivity contribution in [1.29, 1.82) is 0 Å². The van der Waals surface area contributed by atoms with Gasteiger partial charge >= 0.3 is 5.97 Å². The van der Waals surface area contributed by atoms with E-state index in [1.165, 1.54) is 7.11 Å². The fourth-order valence-corrected chi connectivity index (χ4v) is 2.48. The van der Waals surface area contributed by atoms with E-state index in [0.717, 1.165) is 16.9 Å². The first kappa shape index (κ1) is 17.5. The van der Waals surface area contributed by atoms with Crippen LogP contribution in [0, 0.1) is 0 Å². The third kappa shape index (κ3) is 4.83. The van der Waals surface area contributed by atoms with Crippen molar-refractivity contribution in [3.63, 3.8) is 0 Å². The molecule has 0 saturated heterocycles. The molecule has 0 unspecified atom stereocenters. The molecular weight excluding hydrogens is 328 g/mol. The van der Waals surface area contributed by atoms with Gasteiger partial charge in [-0.05, 0) is 29.3 Å². The summed E-state index contributed by atoms with van der Waals surface area (Å²) in [5.74, 6) is 0.420. The summed E-state index contributed by atoms with van der Waals surface area (Å²) >= 11 is 0. The van der Waals surface area contributed by atoms with Gasteiger partial charge in [0.1, 0.15) is 12.4 Å². The monoisotopic (exact) mass is 348 g/mol. The summed E-state index contributed by atoms with van der Waals surface area (Å²) in [4.78, 5) is 16.0. The van der Waals surface area contributed by atoms with E-state index in [4.69, 9.17) is 9.47 Å². The molecule has 5 nitrogen and oxygen atoms in total. The third-order valence-corrected chi connectivity index (χ3v) is 3.83. The normalized spacial score (nSPS) is 11.2. The maximum atomic E-state index is 12.0. The highest BCUT2D eigenvalue weighted by molar-refractivity contribution is 5.93.